The number of hydrogen-bond acceptors (Lipinski definition) is 2. The fraction of sp³-hybridized carbons (Fsp3) is 0.923. The van der Waals surface area contributed by atoms with Crippen LogP contribution in [0, 0.1) is 5.92 Å². The van der Waals surface area contributed by atoms with Gasteiger partial charge in [-0.15, -0.1) is 0 Å². The molecular weight excluding hydrogens is 200 g/mol. The van der Waals surface area contributed by atoms with E-state index in [1.807, 2.05) is 4.90 Å². The first-order chi connectivity index (χ1) is 7.69. The Labute approximate surface area is 99.6 Å². The second-order valence-electron chi connectivity index (χ2n) is 4.89. The number of carbonyl (C=O) groups excluding carboxylic acids is 1. The molecule has 1 saturated heterocycles. The van der Waals surface area contributed by atoms with Crippen molar-refractivity contribution < 1.29 is 4.79 Å². The minimum atomic E-state index is 0.255. The van der Waals surface area contributed by atoms with Crippen molar-refractivity contribution in [1.29, 1.82) is 0 Å². The first-order valence-corrected chi connectivity index (χ1v) is 6.71. The molecule has 3 heteroatoms. The monoisotopic (exact) mass is 226 g/mol. The zero-order chi connectivity index (χ0) is 12.0. The summed E-state index contributed by atoms with van der Waals surface area (Å²) in [5.74, 6) is 0.634. The van der Waals surface area contributed by atoms with Crippen molar-refractivity contribution >= 4 is 5.91 Å². The summed E-state index contributed by atoms with van der Waals surface area (Å²) >= 11 is 0. The molecule has 1 rings (SSSR count). The van der Waals surface area contributed by atoms with Gasteiger partial charge >= 0.3 is 0 Å². The van der Waals surface area contributed by atoms with E-state index in [1.165, 1.54) is 12.8 Å². The molecule has 1 N–H and O–H groups in total. The Morgan fingerprint density at radius 2 is 2.25 bits per heavy atom. The lowest BCUT2D eigenvalue weighted by molar-refractivity contribution is -0.137. The van der Waals surface area contributed by atoms with E-state index in [0.717, 1.165) is 32.5 Å². The minimum Gasteiger partial charge on any atom is -0.340 e. The van der Waals surface area contributed by atoms with Crippen LogP contribution >= 0.6 is 0 Å². The number of nitrogens with one attached hydrogen (secondary N) is 1. The lowest BCUT2D eigenvalue weighted by Gasteiger charge is -2.34. The van der Waals surface area contributed by atoms with Gasteiger partial charge in [-0.25, -0.2) is 0 Å². The minimum absolute atomic E-state index is 0.255. The van der Waals surface area contributed by atoms with Crippen LogP contribution in [0.15, 0.2) is 0 Å². The summed E-state index contributed by atoms with van der Waals surface area (Å²) in [6.07, 6.45) is 4.40. The fourth-order valence-corrected chi connectivity index (χ4v) is 2.34. The molecule has 1 fully saturated rings. The average molecular weight is 226 g/mol. The van der Waals surface area contributed by atoms with Gasteiger partial charge in [-0.05, 0) is 19.8 Å². The van der Waals surface area contributed by atoms with Gasteiger partial charge in [0.2, 0.25) is 5.91 Å². The zero-order valence-electron chi connectivity index (χ0n) is 11.0. The number of amides is 1. The van der Waals surface area contributed by atoms with Gasteiger partial charge in [0.25, 0.3) is 0 Å². The van der Waals surface area contributed by atoms with Crippen LogP contribution in [0.5, 0.6) is 0 Å². The lowest BCUT2D eigenvalue weighted by Crippen LogP contribution is -2.52. The summed E-state index contributed by atoms with van der Waals surface area (Å²) in [6, 6.07) is 0.446. The Bertz CT molecular complexity index is 218. The first-order valence-electron chi connectivity index (χ1n) is 6.71. The van der Waals surface area contributed by atoms with E-state index in [4.69, 9.17) is 0 Å². The quantitative estimate of drug-likeness (QED) is 0.778. The lowest BCUT2D eigenvalue weighted by atomic mass is 9.97. The Morgan fingerprint density at radius 1 is 1.50 bits per heavy atom. The van der Waals surface area contributed by atoms with Crippen molar-refractivity contribution in [3.8, 4) is 0 Å². The molecule has 0 aliphatic carbocycles. The first kappa shape index (κ1) is 13.5. The van der Waals surface area contributed by atoms with Gasteiger partial charge in [0.15, 0.2) is 0 Å². The average Bonchev–Trinajstić information content (AvgIpc) is 2.29. The van der Waals surface area contributed by atoms with Crippen molar-refractivity contribution in [2.24, 2.45) is 5.92 Å². The molecule has 0 unspecified atom stereocenters. The summed E-state index contributed by atoms with van der Waals surface area (Å²) in [5, 5.41) is 3.37. The maximum absolute atomic E-state index is 12.3. The third kappa shape index (κ3) is 3.78. The van der Waals surface area contributed by atoms with Gasteiger partial charge < -0.3 is 10.2 Å². The van der Waals surface area contributed by atoms with E-state index in [9.17, 15) is 4.79 Å². The second kappa shape index (κ2) is 6.89. The summed E-state index contributed by atoms with van der Waals surface area (Å²) < 4.78 is 0. The number of carbonyl (C=O) groups is 1. The van der Waals surface area contributed by atoms with Crippen LogP contribution in [0.2, 0.25) is 0 Å². The Kier molecular flexibility index (Phi) is 5.81. The molecule has 2 atom stereocenters. The summed E-state index contributed by atoms with van der Waals surface area (Å²) in [4.78, 5) is 14.3. The van der Waals surface area contributed by atoms with Gasteiger partial charge in [0.1, 0.15) is 0 Å². The Balaban J connectivity index is 2.46. The fourth-order valence-electron chi connectivity index (χ4n) is 2.34. The van der Waals surface area contributed by atoms with Crippen LogP contribution in [-0.4, -0.2) is 36.5 Å². The molecule has 0 radical (unpaired) electrons. The van der Waals surface area contributed by atoms with Crippen LogP contribution in [0.1, 0.15) is 46.5 Å². The highest BCUT2D eigenvalue weighted by Crippen LogP contribution is 2.16. The highest BCUT2D eigenvalue weighted by molar-refractivity contribution is 5.79. The highest BCUT2D eigenvalue weighted by atomic mass is 16.2. The maximum Gasteiger partial charge on any atom is 0.225 e. The van der Waals surface area contributed by atoms with Crippen LogP contribution < -0.4 is 5.32 Å². The molecule has 94 valence electrons. The van der Waals surface area contributed by atoms with Crippen molar-refractivity contribution in [3.05, 3.63) is 0 Å². The van der Waals surface area contributed by atoms with Gasteiger partial charge in [-0.2, -0.15) is 0 Å². The number of hydrogen-bond donors (Lipinski definition) is 1. The molecule has 0 aromatic rings. The predicted octanol–water partition coefficient (Wildman–Crippen LogP) is 2.02. The molecule has 1 amide bonds. The summed E-state index contributed by atoms with van der Waals surface area (Å²) in [5.41, 5.74) is 0. The predicted molar refractivity (Wildman–Crippen MR) is 67.4 cm³/mol. The molecule has 1 aliphatic heterocycles. The molecule has 0 spiro atoms. The van der Waals surface area contributed by atoms with Crippen molar-refractivity contribution in [2.75, 3.05) is 19.6 Å². The van der Waals surface area contributed by atoms with E-state index in [-0.39, 0.29) is 5.92 Å². The van der Waals surface area contributed by atoms with Gasteiger partial charge in [-0.1, -0.05) is 26.7 Å². The molecule has 0 aromatic carbocycles. The van der Waals surface area contributed by atoms with Crippen LogP contribution in [0.3, 0.4) is 0 Å². The van der Waals surface area contributed by atoms with Crippen LogP contribution in [0.25, 0.3) is 0 Å². The third-order valence-corrected chi connectivity index (χ3v) is 3.43. The highest BCUT2D eigenvalue weighted by Gasteiger charge is 2.25. The SMILES string of the molecule is CCCC[C@@H](CC)C(=O)N1CCN[C@@H](C)C1. The molecule has 3 nitrogen and oxygen atoms in total. The molecule has 1 heterocycles. The largest absolute Gasteiger partial charge is 0.340 e. The van der Waals surface area contributed by atoms with Crippen molar-refractivity contribution in [3.63, 3.8) is 0 Å². The summed E-state index contributed by atoms with van der Waals surface area (Å²) in [7, 11) is 0. The molecule has 0 saturated carbocycles. The topological polar surface area (TPSA) is 32.3 Å². The third-order valence-electron chi connectivity index (χ3n) is 3.43. The Hall–Kier alpha value is -0.570. The molecular formula is C13H26N2O. The molecule has 1 aliphatic rings. The second-order valence-corrected chi connectivity index (χ2v) is 4.89. The molecule has 16 heavy (non-hydrogen) atoms. The molecule has 0 bridgehead atoms. The maximum atomic E-state index is 12.3. The number of nitrogens with zero attached hydrogens (tertiary/aromatic N) is 1. The van der Waals surface area contributed by atoms with E-state index < -0.39 is 0 Å². The number of rotatable bonds is 5. The van der Waals surface area contributed by atoms with Gasteiger partial charge in [-0.3, -0.25) is 4.79 Å². The molecule has 0 aromatic heterocycles. The Morgan fingerprint density at radius 3 is 2.81 bits per heavy atom. The van der Waals surface area contributed by atoms with E-state index in [2.05, 4.69) is 26.1 Å². The van der Waals surface area contributed by atoms with E-state index in [0.29, 0.717) is 11.9 Å². The van der Waals surface area contributed by atoms with Gasteiger partial charge in [0.05, 0.1) is 0 Å². The van der Waals surface area contributed by atoms with E-state index >= 15 is 0 Å². The standard InChI is InChI=1S/C13H26N2O/c1-4-6-7-12(5-2)13(16)15-9-8-14-11(3)10-15/h11-12,14H,4-10H2,1-3H3/t11-,12+/m0/s1. The number of piperazine rings is 1. The zero-order valence-corrected chi connectivity index (χ0v) is 11.0. The number of unbranched alkanes of at least 4 members (excludes halogenated alkanes) is 1. The van der Waals surface area contributed by atoms with Gasteiger partial charge in [0, 0.05) is 31.6 Å². The van der Waals surface area contributed by atoms with Crippen molar-refractivity contribution in [2.45, 2.75) is 52.5 Å². The van der Waals surface area contributed by atoms with E-state index in [1.54, 1.807) is 0 Å². The normalized spacial score (nSPS) is 23.2. The smallest absolute Gasteiger partial charge is 0.225 e. The summed E-state index contributed by atoms with van der Waals surface area (Å²) in [6.45, 7) is 9.16. The van der Waals surface area contributed by atoms with Crippen LogP contribution in [-0.2, 0) is 4.79 Å². The van der Waals surface area contributed by atoms with Crippen molar-refractivity contribution in [1.82, 2.24) is 10.2 Å². The van der Waals surface area contributed by atoms with Crippen LogP contribution in [0.4, 0.5) is 0 Å².